The summed E-state index contributed by atoms with van der Waals surface area (Å²) in [5, 5.41) is 3.71. The summed E-state index contributed by atoms with van der Waals surface area (Å²) in [5.74, 6) is 0.0996. The van der Waals surface area contributed by atoms with Crippen LogP contribution in [0.25, 0.3) is 0 Å². The number of para-hydroxylation sites is 2. The van der Waals surface area contributed by atoms with Crippen molar-refractivity contribution in [3.63, 3.8) is 0 Å². The predicted molar refractivity (Wildman–Crippen MR) is 121 cm³/mol. The summed E-state index contributed by atoms with van der Waals surface area (Å²) in [7, 11) is -3.66. The maximum atomic E-state index is 13.7. The number of aryl methyl sites for hydroxylation is 1. The molecule has 0 amide bonds. The van der Waals surface area contributed by atoms with E-state index in [0.717, 1.165) is 22.5 Å². The number of nitrogens with zero attached hydrogens (tertiary/aromatic N) is 1. The molecule has 5 heteroatoms. The number of hydrogen-bond acceptors (Lipinski definition) is 3. The van der Waals surface area contributed by atoms with E-state index in [-0.39, 0.29) is 17.4 Å². The highest BCUT2D eigenvalue weighted by Gasteiger charge is 2.49. The monoisotopic (exact) mass is 418 g/mol. The minimum atomic E-state index is -3.66. The van der Waals surface area contributed by atoms with Crippen LogP contribution in [0, 0.1) is 12.8 Å². The fourth-order valence-electron chi connectivity index (χ4n) is 5.00. The number of anilines is 2. The molecule has 0 saturated carbocycles. The Morgan fingerprint density at radius 3 is 2.37 bits per heavy atom. The highest BCUT2D eigenvalue weighted by molar-refractivity contribution is 7.92. The van der Waals surface area contributed by atoms with E-state index >= 15 is 0 Å². The van der Waals surface area contributed by atoms with Crippen LogP contribution < -0.4 is 9.62 Å². The van der Waals surface area contributed by atoms with Crippen molar-refractivity contribution in [2.75, 3.05) is 16.2 Å². The van der Waals surface area contributed by atoms with E-state index in [0.29, 0.717) is 11.4 Å². The zero-order valence-electron chi connectivity index (χ0n) is 17.5. The molecular weight excluding hydrogens is 392 g/mol. The topological polar surface area (TPSA) is 49.4 Å². The molecule has 0 fully saturated rings. The van der Waals surface area contributed by atoms with Gasteiger partial charge in [-0.25, -0.2) is 8.42 Å². The van der Waals surface area contributed by atoms with Crippen LogP contribution in [0.2, 0.25) is 0 Å². The standard InChI is InChI=1S/C25H26N2O2S/c1-17-12-14-18(15-13-17)30(28,29)27-16-21-24(19-8-4-7-11-23(19)27)26-22-10-6-5-9-20(22)25(21,2)3/h4-15,21,24,26H,16H2,1-3H3/t21-,24+/m1/s1. The maximum absolute atomic E-state index is 13.7. The zero-order chi connectivity index (χ0) is 21.1. The molecule has 0 aliphatic carbocycles. The Morgan fingerprint density at radius 1 is 0.933 bits per heavy atom. The van der Waals surface area contributed by atoms with Gasteiger partial charge in [-0.3, -0.25) is 4.31 Å². The molecule has 1 N–H and O–H groups in total. The van der Waals surface area contributed by atoms with Gasteiger partial charge in [-0.1, -0.05) is 67.9 Å². The van der Waals surface area contributed by atoms with Crippen LogP contribution >= 0.6 is 0 Å². The van der Waals surface area contributed by atoms with Crippen molar-refractivity contribution in [3.05, 3.63) is 89.5 Å². The van der Waals surface area contributed by atoms with E-state index < -0.39 is 10.0 Å². The van der Waals surface area contributed by atoms with Gasteiger partial charge >= 0.3 is 0 Å². The molecule has 30 heavy (non-hydrogen) atoms. The van der Waals surface area contributed by atoms with Crippen molar-refractivity contribution in [1.82, 2.24) is 0 Å². The average molecular weight is 419 g/mol. The third kappa shape index (κ3) is 2.76. The van der Waals surface area contributed by atoms with Gasteiger partial charge in [-0.15, -0.1) is 0 Å². The number of benzene rings is 3. The lowest BCUT2D eigenvalue weighted by atomic mass is 9.64. The number of fused-ring (bicyclic) bond motifs is 4. The zero-order valence-corrected chi connectivity index (χ0v) is 18.3. The lowest BCUT2D eigenvalue weighted by Gasteiger charge is -2.51. The van der Waals surface area contributed by atoms with Crippen molar-refractivity contribution >= 4 is 21.4 Å². The fourth-order valence-corrected chi connectivity index (χ4v) is 6.52. The molecule has 5 rings (SSSR count). The van der Waals surface area contributed by atoms with Gasteiger partial charge in [0.25, 0.3) is 10.0 Å². The largest absolute Gasteiger partial charge is 0.378 e. The first kappa shape index (κ1) is 19.2. The molecule has 154 valence electrons. The number of nitrogens with one attached hydrogen (secondary N) is 1. The van der Waals surface area contributed by atoms with Gasteiger partial charge in [0.1, 0.15) is 0 Å². The smallest absolute Gasteiger partial charge is 0.264 e. The van der Waals surface area contributed by atoms with Crippen LogP contribution in [0.15, 0.2) is 77.7 Å². The van der Waals surface area contributed by atoms with Gasteiger partial charge < -0.3 is 5.32 Å². The number of sulfonamides is 1. The first-order valence-corrected chi connectivity index (χ1v) is 11.8. The Labute approximate surface area is 178 Å². The molecule has 0 spiro atoms. The van der Waals surface area contributed by atoms with Gasteiger partial charge in [0.2, 0.25) is 0 Å². The van der Waals surface area contributed by atoms with E-state index in [1.54, 1.807) is 16.4 Å². The number of rotatable bonds is 2. The van der Waals surface area contributed by atoms with Crippen molar-refractivity contribution in [3.8, 4) is 0 Å². The summed E-state index contributed by atoms with van der Waals surface area (Å²) < 4.78 is 29.0. The lowest BCUT2D eigenvalue weighted by Crippen LogP contribution is -2.52. The van der Waals surface area contributed by atoms with Crippen molar-refractivity contribution in [2.45, 2.75) is 37.1 Å². The lowest BCUT2D eigenvalue weighted by molar-refractivity contribution is 0.269. The summed E-state index contributed by atoms with van der Waals surface area (Å²) in [6, 6.07) is 23.4. The summed E-state index contributed by atoms with van der Waals surface area (Å²) in [6.07, 6.45) is 0. The third-order valence-electron chi connectivity index (χ3n) is 6.77. The van der Waals surface area contributed by atoms with Gasteiger partial charge in [-0.05, 0) is 47.7 Å². The van der Waals surface area contributed by atoms with Crippen LogP contribution in [0.3, 0.4) is 0 Å². The second kappa shape index (κ2) is 6.61. The minimum absolute atomic E-state index is 0.0653. The maximum Gasteiger partial charge on any atom is 0.264 e. The molecule has 0 bridgehead atoms. The molecule has 0 saturated heterocycles. The molecular formula is C25H26N2O2S. The van der Waals surface area contributed by atoms with Crippen molar-refractivity contribution < 1.29 is 8.42 Å². The minimum Gasteiger partial charge on any atom is -0.378 e. The van der Waals surface area contributed by atoms with Crippen molar-refractivity contribution in [1.29, 1.82) is 0 Å². The highest BCUT2D eigenvalue weighted by Crippen LogP contribution is 2.53. The van der Waals surface area contributed by atoms with Crippen LogP contribution in [-0.4, -0.2) is 15.0 Å². The van der Waals surface area contributed by atoms with E-state index in [1.807, 2.05) is 43.3 Å². The van der Waals surface area contributed by atoms with Gasteiger partial charge in [0, 0.05) is 18.2 Å². The molecule has 2 heterocycles. The third-order valence-corrected chi connectivity index (χ3v) is 8.57. The van der Waals surface area contributed by atoms with E-state index in [9.17, 15) is 8.42 Å². The Bertz CT molecular complexity index is 1220. The van der Waals surface area contributed by atoms with Gasteiger partial charge in [0.05, 0.1) is 16.6 Å². The molecule has 0 radical (unpaired) electrons. The summed E-state index contributed by atoms with van der Waals surface area (Å²) in [5.41, 5.74) is 5.03. The molecule has 3 aromatic rings. The second-order valence-electron chi connectivity index (χ2n) is 8.90. The molecule has 4 nitrogen and oxygen atoms in total. The van der Waals surface area contributed by atoms with E-state index in [1.165, 1.54) is 5.56 Å². The molecule has 0 aromatic heterocycles. The molecule has 0 unspecified atom stereocenters. The average Bonchev–Trinajstić information content (AvgIpc) is 2.74. The first-order valence-electron chi connectivity index (χ1n) is 10.3. The van der Waals surface area contributed by atoms with E-state index in [2.05, 4.69) is 43.4 Å². The highest BCUT2D eigenvalue weighted by atomic mass is 32.2. The Balaban J connectivity index is 1.67. The summed E-state index contributed by atoms with van der Waals surface area (Å²) >= 11 is 0. The Hall–Kier alpha value is -2.79. The van der Waals surface area contributed by atoms with E-state index in [4.69, 9.17) is 0 Å². The van der Waals surface area contributed by atoms with Crippen LogP contribution in [0.5, 0.6) is 0 Å². The number of hydrogen-bond donors (Lipinski definition) is 1. The molecule has 2 aliphatic rings. The quantitative estimate of drug-likeness (QED) is 0.617. The molecule has 2 atom stereocenters. The van der Waals surface area contributed by atoms with Crippen LogP contribution in [-0.2, 0) is 15.4 Å². The van der Waals surface area contributed by atoms with Crippen LogP contribution in [0.4, 0.5) is 11.4 Å². The molecule has 2 aliphatic heterocycles. The Morgan fingerprint density at radius 2 is 1.60 bits per heavy atom. The van der Waals surface area contributed by atoms with Crippen molar-refractivity contribution in [2.24, 2.45) is 5.92 Å². The van der Waals surface area contributed by atoms with Gasteiger partial charge in [-0.2, -0.15) is 0 Å². The summed E-state index contributed by atoms with van der Waals surface area (Å²) in [6.45, 7) is 6.86. The SMILES string of the molecule is Cc1ccc(S(=O)(=O)N2C[C@@H]3[C@@H](Nc4ccccc4C3(C)C)c3ccccc32)cc1. The Kier molecular flexibility index (Phi) is 4.23. The fraction of sp³-hybridized carbons (Fsp3) is 0.280. The normalized spacial score (nSPS) is 21.8. The molecule has 3 aromatic carbocycles. The second-order valence-corrected chi connectivity index (χ2v) is 10.8. The summed E-state index contributed by atoms with van der Waals surface area (Å²) in [4.78, 5) is 0.336. The first-order chi connectivity index (χ1) is 14.3. The van der Waals surface area contributed by atoms with Gasteiger partial charge in [0.15, 0.2) is 0 Å². The van der Waals surface area contributed by atoms with Crippen LogP contribution in [0.1, 0.15) is 36.6 Å². The predicted octanol–water partition coefficient (Wildman–Crippen LogP) is 5.26.